The number of benzene rings is 2. The van der Waals surface area contributed by atoms with E-state index in [4.69, 9.17) is 11.6 Å². The maximum Gasteiger partial charge on any atom is 0.324 e. The molecule has 134 valence electrons. The van der Waals surface area contributed by atoms with E-state index < -0.39 is 38.6 Å². The fraction of sp³-hybridized carbons (Fsp3) is 0.188. The first-order valence-corrected chi connectivity index (χ1v) is 8.88. The van der Waals surface area contributed by atoms with Gasteiger partial charge in [0.05, 0.1) is 7.11 Å². The van der Waals surface area contributed by atoms with Crippen molar-refractivity contribution in [2.45, 2.75) is 17.4 Å². The van der Waals surface area contributed by atoms with Gasteiger partial charge in [0.25, 0.3) is 0 Å². The van der Waals surface area contributed by atoms with E-state index in [9.17, 15) is 22.0 Å². The highest BCUT2D eigenvalue weighted by atomic mass is 35.5. The standard InChI is InChI=1S/C16H14ClF2NO4S/c1-24-16(21)14(8-10-2-4-11(17)5-3-10)20-25(22,23)15-7-6-12(18)9-13(15)19/h2-7,9,14,20H,8H2,1H3. The van der Waals surface area contributed by atoms with Gasteiger partial charge in [0, 0.05) is 11.1 Å². The molecule has 2 rings (SSSR count). The monoisotopic (exact) mass is 389 g/mol. The van der Waals surface area contributed by atoms with Crippen molar-refractivity contribution in [3.8, 4) is 0 Å². The number of sulfonamides is 1. The van der Waals surface area contributed by atoms with Crippen LogP contribution in [0.1, 0.15) is 5.56 Å². The number of hydrogen-bond donors (Lipinski definition) is 1. The maximum absolute atomic E-state index is 13.8. The molecule has 2 aromatic carbocycles. The van der Waals surface area contributed by atoms with Crippen LogP contribution in [0.5, 0.6) is 0 Å². The van der Waals surface area contributed by atoms with Crippen molar-refractivity contribution in [3.05, 3.63) is 64.7 Å². The van der Waals surface area contributed by atoms with Gasteiger partial charge in [-0.25, -0.2) is 17.2 Å². The number of ether oxygens (including phenoxy) is 1. The summed E-state index contributed by atoms with van der Waals surface area (Å²) in [7, 11) is -3.31. The lowest BCUT2D eigenvalue weighted by atomic mass is 10.1. The molecular weight excluding hydrogens is 376 g/mol. The average Bonchev–Trinajstić information content (AvgIpc) is 2.55. The SMILES string of the molecule is COC(=O)C(Cc1ccc(Cl)cc1)NS(=O)(=O)c1ccc(F)cc1F. The predicted molar refractivity (Wildman–Crippen MR) is 87.6 cm³/mol. The van der Waals surface area contributed by atoms with E-state index in [0.717, 1.165) is 19.2 Å². The van der Waals surface area contributed by atoms with Crippen LogP contribution in [0.2, 0.25) is 5.02 Å². The van der Waals surface area contributed by atoms with Gasteiger partial charge >= 0.3 is 5.97 Å². The highest BCUT2D eigenvalue weighted by molar-refractivity contribution is 7.89. The summed E-state index contributed by atoms with van der Waals surface area (Å²) < 4.78 is 58.1. The zero-order valence-corrected chi connectivity index (χ0v) is 14.6. The molecule has 25 heavy (non-hydrogen) atoms. The van der Waals surface area contributed by atoms with Crippen LogP contribution in [0.15, 0.2) is 47.4 Å². The summed E-state index contributed by atoms with van der Waals surface area (Å²) in [6.07, 6.45) is -0.0358. The van der Waals surface area contributed by atoms with Crippen molar-refractivity contribution in [1.29, 1.82) is 0 Å². The first-order chi connectivity index (χ1) is 11.7. The number of esters is 1. The molecule has 9 heteroatoms. The average molecular weight is 390 g/mol. The van der Waals surface area contributed by atoms with E-state index in [1.165, 1.54) is 0 Å². The number of methoxy groups -OCH3 is 1. The van der Waals surface area contributed by atoms with Crippen LogP contribution < -0.4 is 4.72 Å². The first kappa shape index (κ1) is 19.3. The van der Waals surface area contributed by atoms with E-state index >= 15 is 0 Å². The molecule has 0 radical (unpaired) electrons. The summed E-state index contributed by atoms with van der Waals surface area (Å²) in [5.41, 5.74) is 0.613. The smallest absolute Gasteiger partial charge is 0.324 e. The summed E-state index contributed by atoms with van der Waals surface area (Å²) in [6.45, 7) is 0. The zero-order valence-electron chi connectivity index (χ0n) is 13.0. The Morgan fingerprint density at radius 3 is 2.40 bits per heavy atom. The first-order valence-electron chi connectivity index (χ1n) is 7.02. The Kier molecular flexibility index (Phi) is 6.10. The van der Waals surface area contributed by atoms with Gasteiger partial charge in [-0.15, -0.1) is 0 Å². The van der Waals surface area contributed by atoms with E-state index in [2.05, 4.69) is 9.46 Å². The van der Waals surface area contributed by atoms with Crippen molar-refractivity contribution in [3.63, 3.8) is 0 Å². The normalized spacial score (nSPS) is 12.6. The molecule has 0 aromatic heterocycles. The molecule has 0 aliphatic heterocycles. The second-order valence-corrected chi connectivity index (χ2v) is 7.22. The van der Waals surface area contributed by atoms with Crippen LogP contribution in [-0.4, -0.2) is 27.5 Å². The van der Waals surface area contributed by atoms with Gasteiger partial charge in [-0.05, 0) is 36.2 Å². The summed E-state index contributed by atoms with van der Waals surface area (Å²) in [5, 5.41) is 0.479. The molecule has 0 aliphatic rings. The summed E-state index contributed by atoms with van der Waals surface area (Å²) in [5.74, 6) is -3.02. The Morgan fingerprint density at radius 2 is 1.84 bits per heavy atom. The van der Waals surface area contributed by atoms with Crippen molar-refractivity contribution >= 4 is 27.6 Å². The van der Waals surface area contributed by atoms with E-state index in [1.807, 2.05) is 0 Å². The molecule has 0 saturated carbocycles. The van der Waals surface area contributed by atoms with Gasteiger partial charge in [-0.2, -0.15) is 4.72 Å². The van der Waals surface area contributed by atoms with Crippen molar-refractivity contribution in [1.82, 2.24) is 4.72 Å². The summed E-state index contributed by atoms with van der Waals surface area (Å²) >= 11 is 5.78. The highest BCUT2D eigenvalue weighted by Gasteiger charge is 2.28. The van der Waals surface area contributed by atoms with E-state index in [0.29, 0.717) is 16.7 Å². The fourth-order valence-electron chi connectivity index (χ4n) is 2.12. The molecule has 1 atom stereocenters. The predicted octanol–water partition coefficient (Wildman–Crippen LogP) is 2.68. The molecule has 1 unspecified atom stereocenters. The van der Waals surface area contributed by atoms with Crippen molar-refractivity contribution < 1.29 is 26.7 Å². The van der Waals surface area contributed by atoms with E-state index in [-0.39, 0.29) is 6.42 Å². The Balaban J connectivity index is 2.29. The number of nitrogens with one attached hydrogen (secondary N) is 1. The topological polar surface area (TPSA) is 72.5 Å². The minimum absolute atomic E-state index is 0.0358. The lowest BCUT2D eigenvalue weighted by molar-refractivity contribution is -0.142. The van der Waals surface area contributed by atoms with Crippen LogP contribution in [0, 0.1) is 11.6 Å². The van der Waals surface area contributed by atoms with Crippen LogP contribution in [0.3, 0.4) is 0 Å². The van der Waals surface area contributed by atoms with Crippen LogP contribution in [-0.2, 0) is 26.0 Å². The van der Waals surface area contributed by atoms with E-state index in [1.54, 1.807) is 24.3 Å². The largest absolute Gasteiger partial charge is 0.468 e. The molecule has 0 heterocycles. The number of carbonyl (C=O) groups excluding carboxylic acids is 1. The van der Waals surface area contributed by atoms with Gasteiger partial charge in [-0.1, -0.05) is 23.7 Å². The van der Waals surface area contributed by atoms with Crippen molar-refractivity contribution in [2.24, 2.45) is 0 Å². The lowest BCUT2D eigenvalue weighted by Gasteiger charge is -2.17. The molecule has 0 fully saturated rings. The van der Waals surface area contributed by atoms with Crippen LogP contribution in [0.4, 0.5) is 8.78 Å². The summed E-state index contributed by atoms with van der Waals surface area (Å²) in [4.78, 5) is 11.1. The Bertz CT molecular complexity index is 872. The second-order valence-electron chi connectivity index (χ2n) is 5.10. The number of carbonyl (C=O) groups is 1. The molecule has 0 saturated heterocycles. The molecular formula is C16H14ClF2NO4S. The third-order valence-corrected chi connectivity index (χ3v) is 5.08. The van der Waals surface area contributed by atoms with Gasteiger partial charge in [0.15, 0.2) is 0 Å². The van der Waals surface area contributed by atoms with Gasteiger partial charge < -0.3 is 4.74 Å². The van der Waals surface area contributed by atoms with Crippen LogP contribution >= 0.6 is 11.6 Å². The second kappa shape index (κ2) is 7.90. The molecule has 2 aromatic rings. The van der Waals surface area contributed by atoms with Gasteiger partial charge in [0.2, 0.25) is 10.0 Å². The minimum atomic E-state index is -4.41. The molecule has 5 nitrogen and oxygen atoms in total. The molecule has 0 aliphatic carbocycles. The number of halogens is 3. The number of rotatable bonds is 6. The van der Waals surface area contributed by atoms with Crippen LogP contribution in [0.25, 0.3) is 0 Å². The Morgan fingerprint density at radius 1 is 1.20 bits per heavy atom. The molecule has 0 spiro atoms. The zero-order chi connectivity index (χ0) is 18.6. The minimum Gasteiger partial charge on any atom is -0.468 e. The third kappa shape index (κ3) is 4.97. The third-order valence-electron chi connectivity index (χ3n) is 3.32. The highest BCUT2D eigenvalue weighted by Crippen LogP contribution is 2.17. The Labute approximate surface area is 148 Å². The fourth-order valence-corrected chi connectivity index (χ4v) is 3.49. The van der Waals surface area contributed by atoms with Gasteiger partial charge in [0.1, 0.15) is 22.6 Å². The lowest BCUT2D eigenvalue weighted by Crippen LogP contribution is -2.43. The van der Waals surface area contributed by atoms with Crippen molar-refractivity contribution in [2.75, 3.05) is 7.11 Å². The van der Waals surface area contributed by atoms with Gasteiger partial charge in [-0.3, -0.25) is 4.79 Å². The molecule has 0 amide bonds. The maximum atomic E-state index is 13.8. The molecule has 0 bridgehead atoms. The Hall–Kier alpha value is -2.03. The summed E-state index contributed by atoms with van der Waals surface area (Å²) in [6, 6.07) is 7.14. The molecule has 1 N–H and O–H groups in total. The quantitative estimate of drug-likeness (QED) is 0.771. The number of hydrogen-bond acceptors (Lipinski definition) is 4.